The molecule has 3 rings (SSSR count). The Balaban J connectivity index is 1.83. The molecule has 0 aromatic heterocycles. The van der Waals surface area contributed by atoms with E-state index in [1.54, 1.807) is 11.1 Å². The zero-order valence-electron chi connectivity index (χ0n) is 11.5. The van der Waals surface area contributed by atoms with Crippen LogP contribution in [0.15, 0.2) is 24.3 Å². The third-order valence-electron chi connectivity index (χ3n) is 4.58. The van der Waals surface area contributed by atoms with Crippen molar-refractivity contribution >= 4 is 0 Å². The molecule has 18 heavy (non-hydrogen) atoms. The molecule has 2 aliphatic rings. The summed E-state index contributed by atoms with van der Waals surface area (Å²) in [7, 11) is 0. The molecule has 0 heterocycles. The van der Waals surface area contributed by atoms with Crippen molar-refractivity contribution in [3.8, 4) is 0 Å². The Morgan fingerprint density at radius 1 is 1.17 bits per heavy atom. The van der Waals surface area contributed by atoms with Gasteiger partial charge in [0, 0.05) is 6.04 Å². The molecule has 1 heteroatoms. The van der Waals surface area contributed by atoms with Crippen LogP contribution in [-0.2, 0) is 0 Å². The largest absolute Gasteiger partial charge is 0.310 e. The van der Waals surface area contributed by atoms with E-state index in [9.17, 15) is 0 Å². The average molecular weight is 243 g/mol. The van der Waals surface area contributed by atoms with Crippen LogP contribution in [0.4, 0.5) is 0 Å². The van der Waals surface area contributed by atoms with Gasteiger partial charge in [-0.3, -0.25) is 0 Å². The fraction of sp³-hybridized carbons (Fsp3) is 0.647. The molecule has 0 radical (unpaired) electrons. The van der Waals surface area contributed by atoms with E-state index in [1.165, 1.54) is 38.5 Å². The summed E-state index contributed by atoms with van der Waals surface area (Å²) in [6.45, 7) is 3.41. The number of benzene rings is 1. The van der Waals surface area contributed by atoms with Gasteiger partial charge in [0.15, 0.2) is 0 Å². The molecular weight excluding hydrogens is 218 g/mol. The molecule has 0 spiro atoms. The van der Waals surface area contributed by atoms with Crippen molar-refractivity contribution in [1.29, 1.82) is 0 Å². The van der Waals surface area contributed by atoms with Crippen LogP contribution in [0, 0.1) is 5.92 Å². The third kappa shape index (κ3) is 2.47. The molecule has 2 aliphatic carbocycles. The van der Waals surface area contributed by atoms with E-state index in [0.29, 0.717) is 6.04 Å². The van der Waals surface area contributed by atoms with Crippen LogP contribution in [0.2, 0.25) is 0 Å². The van der Waals surface area contributed by atoms with Crippen molar-refractivity contribution < 1.29 is 0 Å². The van der Waals surface area contributed by atoms with E-state index in [0.717, 1.165) is 18.4 Å². The third-order valence-corrected chi connectivity index (χ3v) is 4.58. The smallest absolute Gasteiger partial charge is 0.0351 e. The van der Waals surface area contributed by atoms with Gasteiger partial charge >= 0.3 is 0 Å². The molecule has 1 nitrogen and oxygen atoms in total. The maximum absolute atomic E-state index is 3.79. The molecule has 0 aliphatic heterocycles. The Morgan fingerprint density at radius 2 is 1.94 bits per heavy atom. The first kappa shape index (κ1) is 12.2. The van der Waals surface area contributed by atoms with E-state index < -0.39 is 0 Å². The van der Waals surface area contributed by atoms with Crippen LogP contribution in [0.1, 0.15) is 68.5 Å². The predicted molar refractivity (Wildman–Crippen MR) is 76.8 cm³/mol. The van der Waals surface area contributed by atoms with Crippen molar-refractivity contribution in [2.75, 3.05) is 6.54 Å². The van der Waals surface area contributed by atoms with Crippen LogP contribution >= 0.6 is 0 Å². The molecule has 1 aromatic rings. The summed E-state index contributed by atoms with van der Waals surface area (Å²) < 4.78 is 0. The van der Waals surface area contributed by atoms with Gasteiger partial charge in [-0.1, -0.05) is 37.6 Å². The summed E-state index contributed by atoms with van der Waals surface area (Å²) in [6, 6.07) is 9.82. The molecule has 0 bridgehead atoms. The van der Waals surface area contributed by atoms with Crippen LogP contribution in [0.25, 0.3) is 0 Å². The predicted octanol–water partition coefficient (Wildman–Crippen LogP) is 4.40. The Hall–Kier alpha value is -0.820. The van der Waals surface area contributed by atoms with Crippen molar-refractivity contribution in [2.24, 2.45) is 5.92 Å². The zero-order valence-corrected chi connectivity index (χ0v) is 11.5. The van der Waals surface area contributed by atoms with E-state index in [1.807, 2.05) is 0 Å². The second-order valence-electron chi connectivity index (χ2n) is 6.03. The quantitative estimate of drug-likeness (QED) is 0.780. The van der Waals surface area contributed by atoms with Gasteiger partial charge in [0.25, 0.3) is 0 Å². The van der Waals surface area contributed by atoms with Gasteiger partial charge in [-0.2, -0.15) is 0 Å². The highest BCUT2D eigenvalue weighted by atomic mass is 14.9. The van der Waals surface area contributed by atoms with Gasteiger partial charge < -0.3 is 5.32 Å². The van der Waals surface area contributed by atoms with Crippen LogP contribution in [0.3, 0.4) is 0 Å². The maximum Gasteiger partial charge on any atom is 0.0351 e. The first-order valence-electron chi connectivity index (χ1n) is 7.72. The fourth-order valence-corrected chi connectivity index (χ4v) is 3.15. The van der Waals surface area contributed by atoms with Crippen LogP contribution in [0.5, 0.6) is 0 Å². The summed E-state index contributed by atoms with van der Waals surface area (Å²) in [4.78, 5) is 0. The van der Waals surface area contributed by atoms with Crippen molar-refractivity contribution in [1.82, 2.24) is 5.32 Å². The molecule has 1 unspecified atom stereocenters. The molecular formula is C17H25N. The van der Waals surface area contributed by atoms with Gasteiger partial charge in [-0.05, 0) is 61.6 Å². The van der Waals surface area contributed by atoms with E-state index in [4.69, 9.17) is 0 Å². The Labute approximate surface area is 111 Å². The van der Waals surface area contributed by atoms with Crippen LogP contribution in [-0.4, -0.2) is 6.54 Å². The number of hydrogen-bond acceptors (Lipinski definition) is 1. The molecule has 1 atom stereocenters. The summed E-state index contributed by atoms with van der Waals surface area (Å²) in [5.74, 6) is 1.75. The highest BCUT2D eigenvalue weighted by Crippen LogP contribution is 2.45. The Morgan fingerprint density at radius 3 is 2.56 bits per heavy atom. The monoisotopic (exact) mass is 243 g/mol. The normalized spacial score (nSPS) is 21.6. The van der Waals surface area contributed by atoms with Crippen molar-refractivity contribution in [3.05, 3.63) is 35.4 Å². The maximum atomic E-state index is 3.79. The molecule has 98 valence electrons. The standard InChI is InChI=1S/C17H25N/c1-2-12-18-17(14-10-11-14)16-9-4-3-8-15(16)13-6-5-7-13/h3-4,8-9,13-14,17-18H,2,5-7,10-12H2,1H3. The second kappa shape index (κ2) is 5.44. The molecule has 1 N–H and O–H groups in total. The number of rotatable bonds is 6. The highest BCUT2D eigenvalue weighted by molar-refractivity contribution is 5.35. The lowest BCUT2D eigenvalue weighted by Crippen LogP contribution is -2.26. The Kier molecular flexibility index (Phi) is 3.69. The summed E-state index contributed by atoms with van der Waals surface area (Å²) in [6.07, 6.45) is 8.30. The second-order valence-corrected chi connectivity index (χ2v) is 6.03. The van der Waals surface area contributed by atoms with Gasteiger partial charge in [-0.25, -0.2) is 0 Å². The van der Waals surface area contributed by atoms with E-state index in [-0.39, 0.29) is 0 Å². The molecule has 2 fully saturated rings. The summed E-state index contributed by atoms with van der Waals surface area (Å²) in [5, 5.41) is 3.79. The lowest BCUT2D eigenvalue weighted by Gasteiger charge is -2.31. The lowest BCUT2D eigenvalue weighted by molar-refractivity contribution is 0.405. The minimum Gasteiger partial charge on any atom is -0.310 e. The van der Waals surface area contributed by atoms with Crippen LogP contribution < -0.4 is 5.32 Å². The minimum atomic E-state index is 0.627. The highest BCUT2D eigenvalue weighted by Gasteiger charge is 2.34. The Bertz CT molecular complexity index is 390. The minimum absolute atomic E-state index is 0.627. The molecule has 2 saturated carbocycles. The van der Waals surface area contributed by atoms with Gasteiger partial charge in [0.05, 0.1) is 0 Å². The average Bonchev–Trinajstić information content (AvgIpc) is 3.14. The van der Waals surface area contributed by atoms with E-state index >= 15 is 0 Å². The first-order chi connectivity index (χ1) is 8.90. The number of nitrogens with one attached hydrogen (secondary N) is 1. The lowest BCUT2D eigenvalue weighted by atomic mass is 9.76. The van der Waals surface area contributed by atoms with Gasteiger partial charge in [-0.15, -0.1) is 0 Å². The molecule has 0 amide bonds. The van der Waals surface area contributed by atoms with Crippen molar-refractivity contribution in [3.63, 3.8) is 0 Å². The SMILES string of the molecule is CCCNC(c1ccccc1C1CCC1)C1CC1. The van der Waals surface area contributed by atoms with Gasteiger partial charge in [0.2, 0.25) is 0 Å². The van der Waals surface area contributed by atoms with Crippen molar-refractivity contribution in [2.45, 2.75) is 57.4 Å². The summed E-state index contributed by atoms with van der Waals surface area (Å²) in [5.41, 5.74) is 3.25. The topological polar surface area (TPSA) is 12.0 Å². The molecule has 0 saturated heterocycles. The first-order valence-corrected chi connectivity index (χ1v) is 7.72. The fourth-order valence-electron chi connectivity index (χ4n) is 3.15. The summed E-state index contributed by atoms with van der Waals surface area (Å²) >= 11 is 0. The number of hydrogen-bond donors (Lipinski definition) is 1. The zero-order chi connectivity index (χ0) is 12.4. The van der Waals surface area contributed by atoms with E-state index in [2.05, 4.69) is 36.5 Å². The molecule has 1 aromatic carbocycles. The van der Waals surface area contributed by atoms with Gasteiger partial charge in [0.1, 0.15) is 0 Å².